The standard InChI is InChI=1S/C39H40N6O6/c1-26-31-14-16-36(46)45(30-12-10-29(11-13-30)38(47)40-23-28-9-15-33(48-2)34(22-28)49-3)37(31)42-39(41-26)44-19-17-43(18-20-44)32(35-24-50-25-51-35)21-27-7-5-4-6-8-27/h4-16,22,24,32H,17-21,23,25H2,1-3H3,(H,40,47). The number of benzene rings is 3. The van der Waals surface area contributed by atoms with E-state index in [1.807, 2.05) is 25.1 Å². The highest BCUT2D eigenvalue weighted by molar-refractivity contribution is 5.94. The van der Waals surface area contributed by atoms with Gasteiger partial charge in [0.25, 0.3) is 11.5 Å². The Labute approximate surface area is 295 Å². The molecule has 2 aliphatic heterocycles. The van der Waals surface area contributed by atoms with Crippen molar-refractivity contribution in [3.63, 3.8) is 0 Å². The number of hydrogen-bond acceptors (Lipinski definition) is 10. The fraction of sp³-hybridized carbons (Fsp3) is 0.282. The highest BCUT2D eigenvalue weighted by Crippen LogP contribution is 2.28. The maximum absolute atomic E-state index is 13.4. The second kappa shape index (κ2) is 14.9. The first-order valence-corrected chi connectivity index (χ1v) is 16.9. The smallest absolute Gasteiger partial charge is 0.256 e. The van der Waals surface area contributed by atoms with Gasteiger partial charge in [-0.1, -0.05) is 36.4 Å². The van der Waals surface area contributed by atoms with E-state index < -0.39 is 0 Å². The molecule has 12 heteroatoms. The van der Waals surface area contributed by atoms with Crippen molar-refractivity contribution < 1.29 is 23.7 Å². The molecule has 0 aliphatic carbocycles. The molecule has 262 valence electrons. The number of rotatable bonds is 11. The number of hydrogen-bond donors (Lipinski definition) is 1. The molecule has 1 amide bonds. The summed E-state index contributed by atoms with van der Waals surface area (Å²) < 4.78 is 23.5. The van der Waals surface area contributed by atoms with Gasteiger partial charge in [-0.2, -0.15) is 4.98 Å². The lowest BCUT2D eigenvalue weighted by molar-refractivity contribution is 0.0579. The molecule has 0 bridgehead atoms. The molecule has 4 heterocycles. The number of pyridine rings is 1. The van der Waals surface area contributed by atoms with Gasteiger partial charge in [-0.25, -0.2) is 4.98 Å². The fourth-order valence-electron chi connectivity index (χ4n) is 6.59. The average molecular weight is 689 g/mol. The van der Waals surface area contributed by atoms with Gasteiger partial charge < -0.3 is 29.2 Å². The molecule has 51 heavy (non-hydrogen) atoms. The van der Waals surface area contributed by atoms with Crippen LogP contribution < -0.4 is 25.2 Å². The summed E-state index contributed by atoms with van der Waals surface area (Å²) in [6, 6.07) is 26.2. The number of anilines is 1. The Hall–Kier alpha value is -5.88. The normalized spacial score (nSPS) is 15.1. The van der Waals surface area contributed by atoms with Crippen LogP contribution in [0.25, 0.3) is 16.7 Å². The molecule has 12 nitrogen and oxygen atoms in total. The van der Waals surface area contributed by atoms with E-state index in [2.05, 4.69) is 39.4 Å². The van der Waals surface area contributed by atoms with Crippen LogP contribution in [0.2, 0.25) is 0 Å². The van der Waals surface area contributed by atoms with Gasteiger partial charge in [0.1, 0.15) is 6.26 Å². The van der Waals surface area contributed by atoms with Crippen molar-refractivity contribution in [3.8, 4) is 17.2 Å². The van der Waals surface area contributed by atoms with Gasteiger partial charge in [0, 0.05) is 49.7 Å². The minimum Gasteiger partial charge on any atom is -0.493 e. The molecule has 2 aromatic heterocycles. The zero-order chi connectivity index (χ0) is 35.3. The molecule has 1 unspecified atom stereocenters. The number of nitrogens with zero attached hydrogens (tertiary/aromatic N) is 5. The predicted molar refractivity (Wildman–Crippen MR) is 193 cm³/mol. The molecular weight excluding hydrogens is 648 g/mol. The monoisotopic (exact) mass is 688 g/mol. The molecule has 0 spiro atoms. The first-order chi connectivity index (χ1) is 24.9. The molecular formula is C39H40N6O6. The van der Waals surface area contributed by atoms with Gasteiger partial charge in [0.15, 0.2) is 22.9 Å². The summed E-state index contributed by atoms with van der Waals surface area (Å²) in [6.45, 7) is 5.44. The first kappa shape index (κ1) is 33.6. The van der Waals surface area contributed by atoms with Gasteiger partial charge in [-0.15, -0.1) is 0 Å². The summed E-state index contributed by atoms with van der Waals surface area (Å²) in [7, 11) is 3.15. The maximum Gasteiger partial charge on any atom is 0.256 e. The van der Waals surface area contributed by atoms with Crippen molar-refractivity contribution >= 4 is 22.9 Å². The Bertz CT molecular complexity index is 2110. The van der Waals surface area contributed by atoms with E-state index in [1.165, 1.54) is 11.6 Å². The van der Waals surface area contributed by atoms with Crippen LogP contribution in [0.3, 0.4) is 0 Å². The van der Waals surface area contributed by atoms with Gasteiger partial charge in [-0.3, -0.25) is 19.1 Å². The average Bonchev–Trinajstić information content (AvgIpc) is 3.71. The molecule has 1 fully saturated rings. The fourth-order valence-corrected chi connectivity index (χ4v) is 6.59. The number of fused-ring (bicyclic) bond motifs is 1. The van der Waals surface area contributed by atoms with Crippen molar-refractivity contribution in [2.24, 2.45) is 0 Å². The van der Waals surface area contributed by atoms with Crippen molar-refractivity contribution in [1.29, 1.82) is 0 Å². The molecule has 1 atom stereocenters. The number of aromatic nitrogens is 3. The van der Waals surface area contributed by atoms with Crippen LogP contribution in [0.4, 0.5) is 5.95 Å². The molecule has 3 aromatic carbocycles. The summed E-state index contributed by atoms with van der Waals surface area (Å²) in [5.74, 6) is 2.39. The maximum atomic E-state index is 13.4. The van der Waals surface area contributed by atoms with Gasteiger partial charge in [0.2, 0.25) is 12.7 Å². The molecule has 2 aliphatic rings. The highest BCUT2D eigenvalue weighted by atomic mass is 16.7. The molecule has 1 saturated heterocycles. The Morgan fingerprint density at radius 2 is 1.65 bits per heavy atom. The van der Waals surface area contributed by atoms with E-state index in [4.69, 9.17) is 28.9 Å². The van der Waals surface area contributed by atoms with Crippen LogP contribution >= 0.6 is 0 Å². The number of methoxy groups -OCH3 is 2. The highest BCUT2D eigenvalue weighted by Gasteiger charge is 2.31. The summed E-state index contributed by atoms with van der Waals surface area (Å²) in [6.07, 6.45) is 2.54. The van der Waals surface area contributed by atoms with Crippen molar-refractivity contribution in [2.75, 3.05) is 52.1 Å². The Morgan fingerprint density at radius 1 is 0.882 bits per heavy atom. The van der Waals surface area contributed by atoms with E-state index in [9.17, 15) is 9.59 Å². The van der Waals surface area contributed by atoms with Crippen LogP contribution in [0.5, 0.6) is 11.5 Å². The molecule has 1 N–H and O–H groups in total. The van der Waals surface area contributed by atoms with Crippen LogP contribution in [0.15, 0.2) is 102 Å². The van der Waals surface area contributed by atoms with E-state index in [-0.39, 0.29) is 24.3 Å². The molecule has 5 aromatic rings. The van der Waals surface area contributed by atoms with Gasteiger partial charge >= 0.3 is 0 Å². The Morgan fingerprint density at radius 3 is 2.35 bits per heavy atom. The van der Waals surface area contributed by atoms with E-state index in [1.54, 1.807) is 61.4 Å². The number of amides is 1. The Balaban J connectivity index is 1.08. The third kappa shape index (κ3) is 7.22. The van der Waals surface area contributed by atoms with Crippen molar-refractivity contribution in [3.05, 3.63) is 130 Å². The zero-order valence-electron chi connectivity index (χ0n) is 28.9. The lowest BCUT2D eigenvalue weighted by atomic mass is 10.0. The topological polar surface area (TPSA) is 120 Å². The summed E-state index contributed by atoms with van der Waals surface area (Å²) in [5, 5.41) is 3.72. The first-order valence-electron chi connectivity index (χ1n) is 16.9. The summed E-state index contributed by atoms with van der Waals surface area (Å²) >= 11 is 0. The van der Waals surface area contributed by atoms with E-state index >= 15 is 0 Å². The predicted octanol–water partition coefficient (Wildman–Crippen LogP) is 4.62. The number of piperazine rings is 1. The van der Waals surface area contributed by atoms with E-state index in [0.717, 1.165) is 41.9 Å². The number of carbonyl (C=O) groups excluding carboxylic acids is 1. The van der Waals surface area contributed by atoms with E-state index in [0.29, 0.717) is 54.0 Å². The van der Waals surface area contributed by atoms with Crippen LogP contribution in [0.1, 0.15) is 27.2 Å². The number of ether oxygens (including phenoxy) is 4. The Kier molecular flexibility index (Phi) is 9.84. The quantitative estimate of drug-likeness (QED) is 0.211. The SMILES string of the molecule is COc1ccc(CNC(=O)c2ccc(-n3c(=O)ccc4c(C)nc(N5CCN(C(Cc6ccccc6)C6=COCO6)CC5)nc43)cc2)cc1OC. The van der Waals surface area contributed by atoms with Crippen molar-refractivity contribution in [1.82, 2.24) is 24.8 Å². The summed E-state index contributed by atoms with van der Waals surface area (Å²) in [4.78, 5) is 40.8. The number of aryl methyl sites for hydroxylation is 1. The van der Waals surface area contributed by atoms with Gasteiger partial charge in [-0.05, 0) is 66.9 Å². The molecule has 0 saturated carbocycles. The number of carbonyl (C=O) groups is 1. The van der Waals surface area contributed by atoms with Crippen molar-refractivity contribution in [2.45, 2.75) is 25.9 Å². The molecule has 7 rings (SSSR count). The second-order valence-electron chi connectivity index (χ2n) is 12.4. The van der Waals surface area contributed by atoms with Crippen LogP contribution in [-0.4, -0.2) is 78.6 Å². The summed E-state index contributed by atoms with van der Waals surface area (Å²) in [5.41, 5.74) is 4.24. The minimum atomic E-state index is -0.240. The van der Waals surface area contributed by atoms with Gasteiger partial charge in [0.05, 0.1) is 31.6 Å². The zero-order valence-corrected chi connectivity index (χ0v) is 28.9. The lowest BCUT2D eigenvalue weighted by Crippen LogP contribution is -2.52. The third-order valence-electron chi connectivity index (χ3n) is 9.35. The molecule has 0 radical (unpaired) electrons. The largest absolute Gasteiger partial charge is 0.493 e. The third-order valence-corrected chi connectivity index (χ3v) is 9.35. The minimum absolute atomic E-state index is 0.0532. The lowest BCUT2D eigenvalue weighted by Gasteiger charge is -2.39. The second-order valence-corrected chi connectivity index (χ2v) is 12.4. The van der Waals surface area contributed by atoms with Crippen LogP contribution in [0, 0.1) is 6.92 Å². The van der Waals surface area contributed by atoms with Crippen LogP contribution in [-0.2, 0) is 22.4 Å². The number of nitrogens with one attached hydrogen (secondary N) is 1.